The molecule has 1 fully saturated rings. The lowest BCUT2D eigenvalue weighted by Crippen LogP contribution is -2.50. The van der Waals surface area contributed by atoms with Gasteiger partial charge in [-0.05, 0) is 60.9 Å². The topological polar surface area (TPSA) is 104 Å². The normalized spacial score (nSPS) is 18.2. The van der Waals surface area contributed by atoms with Crippen LogP contribution in [0.2, 0.25) is 0 Å². The van der Waals surface area contributed by atoms with Gasteiger partial charge in [0, 0.05) is 36.8 Å². The third-order valence-corrected chi connectivity index (χ3v) is 6.59. The molecule has 5 rings (SSSR count). The highest BCUT2D eigenvalue weighted by molar-refractivity contribution is 6.04. The van der Waals surface area contributed by atoms with Gasteiger partial charge in [0.25, 0.3) is 17.4 Å². The van der Waals surface area contributed by atoms with Crippen LogP contribution in [-0.2, 0) is 11.3 Å². The Hall–Kier alpha value is -4.38. The molecule has 1 saturated heterocycles. The third-order valence-electron chi connectivity index (χ3n) is 6.59. The molecule has 0 spiro atoms. The van der Waals surface area contributed by atoms with Crippen LogP contribution in [0, 0.1) is 17.2 Å². The molecule has 8 heteroatoms. The van der Waals surface area contributed by atoms with Gasteiger partial charge < -0.3 is 19.5 Å². The Morgan fingerprint density at radius 1 is 1.00 bits per heavy atom. The number of hydrogen-bond donors (Lipinski definition) is 1. The number of para-hydroxylation sites is 1. The molecule has 2 aromatic carbocycles. The summed E-state index contributed by atoms with van der Waals surface area (Å²) in [7, 11) is 0. The number of nitriles is 1. The lowest BCUT2D eigenvalue weighted by Gasteiger charge is -2.42. The molecule has 2 amide bonds. The molecule has 35 heavy (non-hydrogen) atoms. The molecule has 3 aromatic rings. The van der Waals surface area contributed by atoms with Gasteiger partial charge in [-0.2, -0.15) is 5.26 Å². The maximum absolute atomic E-state index is 13.2. The van der Waals surface area contributed by atoms with E-state index < -0.39 is 5.91 Å². The van der Waals surface area contributed by atoms with Crippen LogP contribution >= 0.6 is 0 Å². The Kier molecular flexibility index (Phi) is 6.06. The van der Waals surface area contributed by atoms with Crippen LogP contribution in [0.3, 0.4) is 0 Å². The van der Waals surface area contributed by atoms with Crippen LogP contribution < -0.4 is 15.6 Å². The van der Waals surface area contributed by atoms with Crippen molar-refractivity contribution in [2.24, 2.45) is 5.92 Å². The third kappa shape index (κ3) is 4.66. The van der Waals surface area contributed by atoms with Gasteiger partial charge in [-0.3, -0.25) is 14.4 Å². The first-order chi connectivity index (χ1) is 17.0. The number of nitrogens with zero attached hydrogens (tertiary/aromatic N) is 3. The molecule has 2 bridgehead atoms. The second-order valence-corrected chi connectivity index (χ2v) is 8.93. The molecule has 2 unspecified atom stereocenters. The average molecular weight is 469 g/mol. The van der Waals surface area contributed by atoms with Crippen LogP contribution in [0.1, 0.15) is 34.0 Å². The Balaban J connectivity index is 1.28. The number of amides is 2. The Labute approximate surface area is 202 Å². The van der Waals surface area contributed by atoms with Crippen molar-refractivity contribution in [2.75, 3.05) is 25.0 Å². The second kappa shape index (κ2) is 9.47. The maximum atomic E-state index is 13.2. The lowest BCUT2D eigenvalue weighted by molar-refractivity contribution is -0.136. The highest BCUT2D eigenvalue weighted by Gasteiger charge is 2.36. The number of benzene rings is 2. The van der Waals surface area contributed by atoms with Gasteiger partial charge in [0.1, 0.15) is 11.4 Å². The molecule has 2 atom stereocenters. The van der Waals surface area contributed by atoms with E-state index in [0.29, 0.717) is 36.5 Å². The van der Waals surface area contributed by atoms with Crippen molar-refractivity contribution in [3.05, 3.63) is 93.9 Å². The summed E-state index contributed by atoms with van der Waals surface area (Å²) in [6.07, 6.45) is 0.916. The number of piperidine rings is 1. The standard InChI is InChI=1S/C27H24N4O4/c28-13-18-6-8-20(9-7-18)26(33)29-23-10-11-24-21-12-19(15-31(24)27(23)34)14-30(16-21)25(32)17-35-22-4-2-1-3-5-22/h1-11,19,21H,12,14-17H2,(H,29,33). The fourth-order valence-corrected chi connectivity index (χ4v) is 4.89. The average Bonchev–Trinajstić information content (AvgIpc) is 2.89. The Morgan fingerprint density at radius 2 is 1.77 bits per heavy atom. The number of carbonyl (C=O) groups excluding carboxylic acids is 2. The van der Waals surface area contributed by atoms with E-state index in [2.05, 4.69) is 5.32 Å². The van der Waals surface area contributed by atoms with E-state index in [9.17, 15) is 14.4 Å². The van der Waals surface area contributed by atoms with Crippen LogP contribution in [0.4, 0.5) is 5.69 Å². The van der Waals surface area contributed by atoms with Gasteiger partial charge in [0.05, 0.1) is 11.6 Å². The molecule has 2 aliphatic heterocycles. The fourth-order valence-electron chi connectivity index (χ4n) is 4.89. The van der Waals surface area contributed by atoms with Crippen LogP contribution in [0.15, 0.2) is 71.5 Å². The minimum Gasteiger partial charge on any atom is -0.484 e. The molecule has 1 N–H and O–H groups in total. The first-order valence-corrected chi connectivity index (χ1v) is 11.5. The van der Waals surface area contributed by atoms with E-state index in [1.807, 2.05) is 47.4 Å². The summed E-state index contributed by atoms with van der Waals surface area (Å²) < 4.78 is 7.36. The minimum absolute atomic E-state index is 0.0173. The van der Waals surface area contributed by atoms with Crippen LogP contribution in [0.5, 0.6) is 5.75 Å². The van der Waals surface area contributed by atoms with Gasteiger partial charge in [-0.1, -0.05) is 18.2 Å². The van der Waals surface area contributed by atoms with Crippen molar-refractivity contribution in [1.29, 1.82) is 5.26 Å². The fraction of sp³-hybridized carbons (Fsp3) is 0.259. The predicted octanol–water partition coefficient (Wildman–Crippen LogP) is 3.00. The number of pyridine rings is 1. The van der Waals surface area contributed by atoms with Crippen molar-refractivity contribution in [2.45, 2.75) is 18.9 Å². The van der Waals surface area contributed by atoms with Gasteiger partial charge in [0.2, 0.25) is 0 Å². The van der Waals surface area contributed by atoms with Gasteiger partial charge in [0.15, 0.2) is 6.61 Å². The van der Waals surface area contributed by atoms with Crippen LogP contribution in [-0.4, -0.2) is 41.0 Å². The van der Waals surface area contributed by atoms with E-state index in [4.69, 9.17) is 10.00 Å². The highest BCUT2D eigenvalue weighted by atomic mass is 16.5. The molecular formula is C27H24N4O4. The van der Waals surface area contributed by atoms with E-state index in [0.717, 1.165) is 12.1 Å². The Morgan fingerprint density at radius 3 is 2.51 bits per heavy atom. The van der Waals surface area contributed by atoms with Crippen LogP contribution in [0.25, 0.3) is 0 Å². The number of ether oxygens (including phenoxy) is 1. The predicted molar refractivity (Wildman–Crippen MR) is 129 cm³/mol. The molecule has 2 aliphatic rings. The molecule has 0 radical (unpaired) electrons. The minimum atomic E-state index is -0.404. The number of carbonyl (C=O) groups is 2. The van der Waals surface area contributed by atoms with Crippen molar-refractivity contribution >= 4 is 17.5 Å². The zero-order valence-electron chi connectivity index (χ0n) is 19.0. The lowest BCUT2D eigenvalue weighted by atomic mass is 9.83. The smallest absolute Gasteiger partial charge is 0.274 e. The monoisotopic (exact) mass is 468 g/mol. The maximum Gasteiger partial charge on any atom is 0.274 e. The number of anilines is 1. The zero-order valence-corrected chi connectivity index (χ0v) is 19.0. The van der Waals surface area contributed by atoms with Crippen molar-refractivity contribution in [3.8, 4) is 11.8 Å². The number of nitrogens with one attached hydrogen (secondary N) is 1. The Bertz CT molecular complexity index is 1360. The van der Waals surface area contributed by atoms with Gasteiger partial charge in [-0.25, -0.2) is 0 Å². The second-order valence-electron chi connectivity index (χ2n) is 8.93. The zero-order chi connectivity index (χ0) is 24.4. The summed E-state index contributed by atoms with van der Waals surface area (Å²) in [4.78, 5) is 40.4. The summed E-state index contributed by atoms with van der Waals surface area (Å²) in [6.45, 7) is 1.58. The summed E-state index contributed by atoms with van der Waals surface area (Å²) >= 11 is 0. The first-order valence-electron chi connectivity index (χ1n) is 11.5. The molecule has 0 aliphatic carbocycles. The highest BCUT2D eigenvalue weighted by Crippen LogP contribution is 2.35. The molecule has 8 nitrogen and oxygen atoms in total. The number of fused-ring (bicyclic) bond motifs is 4. The van der Waals surface area contributed by atoms with Crippen molar-refractivity contribution in [3.63, 3.8) is 0 Å². The molecule has 3 heterocycles. The summed E-state index contributed by atoms with van der Waals surface area (Å²) in [5.41, 5.74) is 1.68. The van der Waals surface area contributed by atoms with Gasteiger partial charge in [-0.15, -0.1) is 0 Å². The van der Waals surface area contributed by atoms with Gasteiger partial charge >= 0.3 is 0 Å². The SMILES string of the molecule is N#Cc1ccc(C(=O)Nc2ccc3n(c2=O)CC2CC3CN(C(=O)COc3ccccc3)C2)cc1. The molecule has 0 saturated carbocycles. The van der Waals surface area contributed by atoms with Crippen molar-refractivity contribution in [1.82, 2.24) is 9.47 Å². The first kappa shape index (κ1) is 22.4. The largest absolute Gasteiger partial charge is 0.484 e. The van der Waals surface area contributed by atoms with E-state index in [1.54, 1.807) is 34.9 Å². The molecular weight excluding hydrogens is 444 g/mol. The summed E-state index contributed by atoms with van der Waals surface area (Å²) in [5, 5.41) is 11.6. The van der Waals surface area contributed by atoms with E-state index >= 15 is 0 Å². The van der Waals surface area contributed by atoms with E-state index in [-0.39, 0.29) is 35.6 Å². The number of rotatable bonds is 5. The number of hydrogen-bond acceptors (Lipinski definition) is 5. The molecule has 1 aromatic heterocycles. The quantitative estimate of drug-likeness (QED) is 0.620. The van der Waals surface area contributed by atoms with Crippen molar-refractivity contribution < 1.29 is 14.3 Å². The molecule has 176 valence electrons. The summed E-state index contributed by atoms with van der Waals surface area (Å²) in [5.74, 6) is 0.401. The van der Waals surface area contributed by atoms with E-state index in [1.165, 1.54) is 0 Å². The number of likely N-dealkylation sites (tertiary alicyclic amines) is 1. The summed E-state index contributed by atoms with van der Waals surface area (Å²) in [6, 6.07) is 21.0. The number of aromatic nitrogens is 1.